The smallest absolute Gasteiger partial charge is 0.242 e. The van der Waals surface area contributed by atoms with Crippen LogP contribution < -0.4 is 10.5 Å². The molecule has 1 aliphatic carbocycles. The van der Waals surface area contributed by atoms with Crippen molar-refractivity contribution in [1.29, 1.82) is 0 Å². The summed E-state index contributed by atoms with van der Waals surface area (Å²) in [5, 5.41) is 0. The average Bonchev–Trinajstić information content (AvgIpc) is 3.24. The number of anilines is 1. The highest BCUT2D eigenvalue weighted by atomic mass is 32.2. The number of nitrogen functional groups attached to an aromatic ring is 1. The quantitative estimate of drug-likeness (QED) is 0.783. The molecule has 2 rings (SSSR count). The molecule has 0 radical (unpaired) electrons. The van der Waals surface area contributed by atoms with E-state index >= 15 is 0 Å². The van der Waals surface area contributed by atoms with Crippen molar-refractivity contribution in [2.75, 3.05) is 19.3 Å². The molecule has 1 atom stereocenters. The third kappa shape index (κ3) is 3.56. The topological polar surface area (TPSA) is 75.4 Å². The first-order valence-corrected chi connectivity index (χ1v) is 8.79. The number of rotatable bonds is 6. The molecule has 21 heavy (non-hydrogen) atoms. The minimum atomic E-state index is -3.58. The highest BCUT2D eigenvalue weighted by Crippen LogP contribution is 2.28. The van der Waals surface area contributed by atoms with Gasteiger partial charge in [-0.2, -0.15) is 0 Å². The molecule has 6 heteroatoms. The maximum absolute atomic E-state index is 12.5. The first-order valence-electron chi connectivity index (χ1n) is 7.31. The highest BCUT2D eigenvalue weighted by molar-refractivity contribution is 7.89. The normalized spacial score (nSPS) is 17.2. The van der Waals surface area contributed by atoms with Gasteiger partial charge >= 0.3 is 0 Å². The predicted octanol–water partition coefficient (Wildman–Crippen LogP) is 1.65. The zero-order chi connectivity index (χ0) is 15.8. The van der Waals surface area contributed by atoms with E-state index in [9.17, 15) is 8.42 Å². The van der Waals surface area contributed by atoms with Crippen molar-refractivity contribution in [2.45, 2.75) is 50.6 Å². The van der Waals surface area contributed by atoms with Gasteiger partial charge in [0.05, 0.1) is 5.69 Å². The molecule has 1 saturated carbocycles. The number of hydrogen-bond acceptors (Lipinski definition) is 4. The van der Waals surface area contributed by atoms with Gasteiger partial charge < -0.3 is 5.73 Å². The van der Waals surface area contributed by atoms with Crippen LogP contribution >= 0.6 is 0 Å². The van der Waals surface area contributed by atoms with E-state index in [2.05, 4.69) is 9.62 Å². The highest BCUT2D eigenvalue weighted by Gasteiger charge is 2.30. The molecular weight excluding hydrogens is 286 g/mol. The molecule has 1 aromatic carbocycles. The van der Waals surface area contributed by atoms with Gasteiger partial charge in [-0.05, 0) is 51.8 Å². The van der Waals surface area contributed by atoms with Crippen LogP contribution in [0.25, 0.3) is 0 Å². The van der Waals surface area contributed by atoms with Gasteiger partial charge in [0.15, 0.2) is 0 Å². The fourth-order valence-electron chi connectivity index (χ4n) is 2.45. The van der Waals surface area contributed by atoms with Crippen molar-refractivity contribution in [2.24, 2.45) is 0 Å². The number of sulfonamides is 1. The molecule has 1 unspecified atom stereocenters. The lowest BCUT2D eigenvalue weighted by Crippen LogP contribution is -2.41. The van der Waals surface area contributed by atoms with E-state index < -0.39 is 10.0 Å². The van der Waals surface area contributed by atoms with Crippen LogP contribution in [0.3, 0.4) is 0 Å². The first kappa shape index (κ1) is 16.3. The second-order valence-electron chi connectivity index (χ2n) is 6.04. The van der Waals surface area contributed by atoms with Gasteiger partial charge in [-0.1, -0.05) is 12.1 Å². The van der Waals surface area contributed by atoms with Crippen LogP contribution in [-0.2, 0) is 10.0 Å². The summed E-state index contributed by atoms with van der Waals surface area (Å²) in [6, 6.07) is 4.40. The number of nitrogens with one attached hydrogen (secondary N) is 1. The summed E-state index contributed by atoms with van der Waals surface area (Å²) in [6.45, 7) is 6.01. The molecule has 118 valence electrons. The van der Waals surface area contributed by atoms with E-state index in [-0.39, 0.29) is 10.9 Å². The molecule has 1 fully saturated rings. The van der Waals surface area contributed by atoms with E-state index in [0.717, 1.165) is 5.56 Å². The summed E-state index contributed by atoms with van der Waals surface area (Å²) < 4.78 is 27.8. The molecule has 3 N–H and O–H groups in total. The van der Waals surface area contributed by atoms with Crippen LogP contribution in [0.1, 0.15) is 30.9 Å². The number of benzene rings is 1. The number of nitrogens with zero attached hydrogens (tertiary/aromatic N) is 1. The van der Waals surface area contributed by atoms with Crippen molar-refractivity contribution in [3.8, 4) is 0 Å². The lowest BCUT2D eigenvalue weighted by Gasteiger charge is -2.25. The van der Waals surface area contributed by atoms with Gasteiger partial charge in [-0.15, -0.1) is 0 Å². The van der Waals surface area contributed by atoms with Gasteiger partial charge in [0.2, 0.25) is 10.0 Å². The Morgan fingerprint density at radius 3 is 2.48 bits per heavy atom. The van der Waals surface area contributed by atoms with Gasteiger partial charge in [-0.25, -0.2) is 13.1 Å². The number of likely N-dealkylation sites (N-methyl/N-ethyl adjacent to an activating group) is 1. The Hall–Kier alpha value is -1.11. The molecule has 0 aliphatic heterocycles. The molecule has 0 saturated heterocycles. The van der Waals surface area contributed by atoms with E-state index in [1.165, 1.54) is 12.8 Å². The molecule has 1 aromatic rings. The van der Waals surface area contributed by atoms with Crippen molar-refractivity contribution in [1.82, 2.24) is 9.62 Å². The number of aryl methyl sites for hydroxylation is 2. The maximum atomic E-state index is 12.5. The minimum absolute atomic E-state index is 0.165. The summed E-state index contributed by atoms with van der Waals surface area (Å²) in [7, 11) is -1.54. The summed E-state index contributed by atoms with van der Waals surface area (Å²) >= 11 is 0. The van der Waals surface area contributed by atoms with E-state index in [0.29, 0.717) is 23.8 Å². The number of hydrogen-bond donors (Lipinski definition) is 2. The summed E-state index contributed by atoms with van der Waals surface area (Å²) in [6.07, 6.45) is 2.41. The molecule has 0 bridgehead atoms. The van der Waals surface area contributed by atoms with Crippen LogP contribution in [0.5, 0.6) is 0 Å². The van der Waals surface area contributed by atoms with E-state index in [1.54, 1.807) is 13.0 Å². The molecule has 0 heterocycles. The summed E-state index contributed by atoms with van der Waals surface area (Å²) in [4.78, 5) is 2.44. The van der Waals surface area contributed by atoms with Gasteiger partial charge in [0.25, 0.3) is 0 Å². The fraction of sp³-hybridized carbons (Fsp3) is 0.600. The maximum Gasteiger partial charge on any atom is 0.242 e. The summed E-state index contributed by atoms with van der Waals surface area (Å²) in [5.41, 5.74) is 7.76. The first-order chi connectivity index (χ1) is 9.74. The average molecular weight is 311 g/mol. The largest absolute Gasteiger partial charge is 0.397 e. The van der Waals surface area contributed by atoms with Crippen LogP contribution in [0, 0.1) is 13.8 Å². The Morgan fingerprint density at radius 2 is 1.90 bits per heavy atom. The van der Waals surface area contributed by atoms with Crippen LogP contribution in [0.4, 0.5) is 5.69 Å². The molecular formula is C15H25N3O2S. The fourth-order valence-corrected chi connectivity index (χ4v) is 4.00. The van der Waals surface area contributed by atoms with Gasteiger partial charge in [0.1, 0.15) is 4.90 Å². The third-order valence-corrected chi connectivity index (χ3v) is 5.89. The van der Waals surface area contributed by atoms with Gasteiger partial charge in [-0.3, -0.25) is 4.90 Å². The summed E-state index contributed by atoms with van der Waals surface area (Å²) in [5.74, 6) is 0. The monoisotopic (exact) mass is 311 g/mol. The zero-order valence-corrected chi connectivity index (χ0v) is 14.0. The lowest BCUT2D eigenvalue weighted by atomic mass is 10.1. The Morgan fingerprint density at radius 1 is 1.33 bits per heavy atom. The molecule has 5 nitrogen and oxygen atoms in total. The van der Waals surface area contributed by atoms with Crippen molar-refractivity contribution in [3.63, 3.8) is 0 Å². The van der Waals surface area contributed by atoms with Crippen LogP contribution in [-0.4, -0.2) is 39.0 Å². The van der Waals surface area contributed by atoms with Crippen molar-refractivity contribution in [3.05, 3.63) is 23.3 Å². The second-order valence-corrected chi connectivity index (χ2v) is 7.74. The minimum Gasteiger partial charge on any atom is -0.397 e. The standard InChI is InChI=1S/C15H25N3O2S/c1-10-5-6-11(2)15(14(10)16)21(19,20)17-9-12(3)18(4)13-7-8-13/h5-6,12-13,17H,7-9,16H2,1-4H3. The molecule has 0 amide bonds. The Bertz CT molecular complexity index is 624. The molecule has 0 spiro atoms. The van der Waals surface area contributed by atoms with Gasteiger partial charge in [0, 0.05) is 18.6 Å². The predicted molar refractivity (Wildman–Crippen MR) is 85.8 cm³/mol. The zero-order valence-electron chi connectivity index (χ0n) is 13.2. The third-order valence-electron chi connectivity index (χ3n) is 4.27. The Labute approximate surface area is 127 Å². The van der Waals surface area contributed by atoms with Crippen molar-refractivity contribution < 1.29 is 8.42 Å². The van der Waals surface area contributed by atoms with Crippen LogP contribution in [0.15, 0.2) is 17.0 Å². The molecule has 0 aromatic heterocycles. The molecule has 1 aliphatic rings. The Kier molecular flexibility index (Phi) is 4.60. The van der Waals surface area contributed by atoms with Crippen molar-refractivity contribution >= 4 is 15.7 Å². The van der Waals surface area contributed by atoms with E-state index in [1.807, 2.05) is 27.0 Å². The lowest BCUT2D eigenvalue weighted by molar-refractivity contribution is 0.248. The van der Waals surface area contributed by atoms with Crippen LogP contribution in [0.2, 0.25) is 0 Å². The Balaban J connectivity index is 2.13. The second kappa shape index (κ2) is 5.94. The number of nitrogens with two attached hydrogens (primary N) is 1. The SMILES string of the molecule is Cc1ccc(C)c(S(=O)(=O)NCC(C)N(C)C2CC2)c1N. The van der Waals surface area contributed by atoms with E-state index in [4.69, 9.17) is 5.73 Å².